The van der Waals surface area contributed by atoms with E-state index in [4.69, 9.17) is 0 Å². The van der Waals surface area contributed by atoms with Gasteiger partial charge < -0.3 is 4.90 Å². The Morgan fingerprint density at radius 1 is 0.375 bits per heavy atom. The van der Waals surface area contributed by atoms with Gasteiger partial charge in [-0.15, -0.1) is 0 Å². The van der Waals surface area contributed by atoms with E-state index in [0.717, 1.165) is 17.1 Å². The Labute approximate surface area is 381 Å². The molecule has 8 aromatic carbocycles. The summed E-state index contributed by atoms with van der Waals surface area (Å²) >= 11 is 0. The van der Waals surface area contributed by atoms with Crippen molar-refractivity contribution in [1.82, 2.24) is 0 Å². The highest BCUT2D eigenvalue weighted by atomic mass is 15.1. The summed E-state index contributed by atoms with van der Waals surface area (Å²) in [5, 5.41) is 0. The lowest BCUT2D eigenvalue weighted by molar-refractivity contribution is 0.586. The van der Waals surface area contributed by atoms with Crippen molar-refractivity contribution in [3.05, 3.63) is 219 Å². The molecular weight excluding hydrogens is 771 g/mol. The largest absolute Gasteiger partial charge is 0.310 e. The summed E-state index contributed by atoms with van der Waals surface area (Å²) in [4.78, 5) is 2.53. The molecule has 64 heavy (non-hydrogen) atoms. The molecule has 316 valence electrons. The number of fused-ring (bicyclic) bond motifs is 13. The van der Waals surface area contributed by atoms with Crippen LogP contribution in [0.2, 0.25) is 0 Å². The van der Waals surface area contributed by atoms with Gasteiger partial charge in [-0.25, -0.2) is 0 Å². The van der Waals surface area contributed by atoms with Crippen LogP contribution in [0.4, 0.5) is 17.1 Å². The molecule has 0 heterocycles. The minimum atomic E-state index is -0.500. The van der Waals surface area contributed by atoms with Crippen LogP contribution in [0.5, 0.6) is 0 Å². The molecular formula is C63H59N. The van der Waals surface area contributed by atoms with Crippen molar-refractivity contribution < 1.29 is 0 Å². The molecule has 0 amide bonds. The van der Waals surface area contributed by atoms with Crippen molar-refractivity contribution in [2.45, 2.75) is 97.8 Å². The first-order chi connectivity index (χ1) is 30.5. The zero-order valence-corrected chi connectivity index (χ0v) is 39.5. The van der Waals surface area contributed by atoms with Crippen LogP contribution in [0.1, 0.15) is 117 Å². The van der Waals surface area contributed by atoms with Crippen LogP contribution in [0.15, 0.2) is 158 Å². The average Bonchev–Trinajstić information content (AvgIpc) is 3.80. The van der Waals surface area contributed by atoms with Gasteiger partial charge in [0.2, 0.25) is 0 Å². The normalized spacial score (nSPS) is 14.7. The lowest BCUT2D eigenvalue weighted by Gasteiger charge is -2.34. The Balaban J connectivity index is 1.20. The molecule has 11 rings (SSSR count). The van der Waals surface area contributed by atoms with Crippen molar-refractivity contribution in [2.75, 3.05) is 4.90 Å². The summed E-state index contributed by atoms with van der Waals surface area (Å²) in [6, 6.07) is 61.4. The summed E-state index contributed by atoms with van der Waals surface area (Å²) in [6.07, 6.45) is 0. The number of hydrogen-bond acceptors (Lipinski definition) is 1. The van der Waals surface area contributed by atoms with E-state index >= 15 is 0 Å². The summed E-state index contributed by atoms with van der Waals surface area (Å²) < 4.78 is 0. The highest BCUT2D eigenvalue weighted by Crippen LogP contribution is 2.64. The third-order valence-corrected chi connectivity index (χ3v) is 15.1. The number of benzene rings is 8. The number of hydrogen-bond donors (Lipinski definition) is 0. The molecule has 3 aliphatic carbocycles. The van der Waals surface area contributed by atoms with E-state index in [0.29, 0.717) is 0 Å². The number of nitrogens with zero attached hydrogens (tertiary/aromatic N) is 1. The Morgan fingerprint density at radius 2 is 0.812 bits per heavy atom. The van der Waals surface area contributed by atoms with Crippen molar-refractivity contribution in [3.63, 3.8) is 0 Å². The smallest absolute Gasteiger partial charge is 0.0726 e. The average molecular weight is 830 g/mol. The first-order valence-corrected chi connectivity index (χ1v) is 23.3. The van der Waals surface area contributed by atoms with Gasteiger partial charge >= 0.3 is 0 Å². The second kappa shape index (κ2) is 13.8. The second-order valence-electron chi connectivity index (χ2n) is 21.6. The highest BCUT2D eigenvalue weighted by Gasteiger charge is 2.52. The quantitative estimate of drug-likeness (QED) is 0.171. The highest BCUT2D eigenvalue weighted by molar-refractivity contribution is 5.97. The van der Waals surface area contributed by atoms with E-state index in [-0.39, 0.29) is 16.2 Å². The molecule has 0 aliphatic heterocycles. The Hall–Kier alpha value is -6.44. The van der Waals surface area contributed by atoms with Gasteiger partial charge in [0.1, 0.15) is 0 Å². The monoisotopic (exact) mass is 829 g/mol. The predicted octanol–water partition coefficient (Wildman–Crippen LogP) is 17.0. The molecule has 0 bridgehead atoms. The third kappa shape index (κ3) is 5.75. The number of aryl methyl sites for hydroxylation is 3. The molecule has 0 saturated heterocycles. The maximum Gasteiger partial charge on any atom is 0.0726 e. The van der Waals surface area contributed by atoms with Gasteiger partial charge in [0.05, 0.1) is 5.41 Å². The SMILES string of the molecule is Cc1cc(C)c(-c2cccc(N(c3ccc4c(c3)C(C)(C)c3ccccc3-4)c3ccc4c(c3)C3(c5ccccc5-4)c4cc(C(C)(C)C)ccc4-c4ccc(C(C)(C)C)cc43)c2)c(C)c1. The maximum absolute atomic E-state index is 2.56. The fourth-order valence-electron chi connectivity index (χ4n) is 12.0. The van der Waals surface area contributed by atoms with Crippen LogP contribution in [0, 0.1) is 20.8 Å². The van der Waals surface area contributed by atoms with Crippen molar-refractivity contribution in [2.24, 2.45) is 0 Å². The van der Waals surface area contributed by atoms with Crippen LogP contribution < -0.4 is 4.90 Å². The topological polar surface area (TPSA) is 3.24 Å². The second-order valence-corrected chi connectivity index (χ2v) is 21.6. The Kier molecular flexibility index (Phi) is 8.69. The lowest BCUT2D eigenvalue weighted by Crippen LogP contribution is -2.27. The molecule has 0 aromatic heterocycles. The van der Waals surface area contributed by atoms with Crippen molar-refractivity contribution in [3.8, 4) is 44.5 Å². The molecule has 0 fully saturated rings. The van der Waals surface area contributed by atoms with Crippen LogP contribution in [0.25, 0.3) is 44.5 Å². The molecule has 1 nitrogen and oxygen atoms in total. The first-order valence-electron chi connectivity index (χ1n) is 23.3. The van der Waals surface area contributed by atoms with Gasteiger partial charge in [-0.05, 0) is 168 Å². The third-order valence-electron chi connectivity index (χ3n) is 15.1. The zero-order chi connectivity index (χ0) is 44.7. The molecule has 0 saturated carbocycles. The first kappa shape index (κ1) is 40.3. The fraction of sp³-hybridized carbons (Fsp3) is 0.238. The van der Waals surface area contributed by atoms with E-state index in [2.05, 4.69) is 239 Å². The van der Waals surface area contributed by atoms with Crippen molar-refractivity contribution in [1.29, 1.82) is 0 Å². The van der Waals surface area contributed by atoms with E-state index in [1.807, 2.05) is 0 Å². The van der Waals surface area contributed by atoms with Crippen LogP contribution >= 0.6 is 0 Å². The summed E-state index contributed by atoms with van der Waals surface area (Å²) in [5.74, 6) is 0. The van der Waals surface area contributed by atoms with Crippen LogP contribution in [0.3, 0.4) is 0 Å². The summed E-state index contributed by atoms with van der Waals surface area (Å²) in [7, 11) is 0. The molecule has 0 radical (unpaired) electrons. The summed E-state index contributed by atoms with van der Waals surface area (Å²) in [6.45, 7) is 25.6. The van der Waals surface area contributed by atoms with Gasteiger partial charge in [0.25, 0.3) is 0 Å². The van der Waals surface area contributed by atoms with Gasteiger partial charge in [-0.2, -0.15) is 0 Å². The van der Waals surface area contributed by atoms with Crippen molar-refractivity contribution >= 4 is 17.1 Å². The van der Waals surface area contributed by atoms with E-state index in [1.165, 1.54) is 106 Å². The van der Waals surface area contributed by atoms with E-state index in [9.17, 15) is 0 Å². The van der Waals surface area contributed by atoms with Crippen LogP contribution in [-0.2, 0) is 21.7 Å². The molecule has 0 atom stereocenters. The number of rotatable bonds is 4. The van der Waals surface area contributed by atoms with Gasteiger partial charge in [-0.1, -0.05) is 182 Å². The Morgan fingerprint density at radius 3 is 1.38 bits per heavy atom. The molecule has 1 heteroatoms. The van der Waals surface area contributed by atoms with E-state index < -0.39 is 5.41 Å². The zero-order valence-electron chi connectivity index (χ0n) is 39.5. The lowest BCUT2D eigenvalue weighted by atomic mass is 9.68. The maximum atomic E-state index is 2.56. The predicted molar refractivity (Wildman–Crippen MR) is 272 cm³/mol. The standard InChI is InChI=1S/C63H59N/c1-38-31-39(2)59(40(3)32-38)41-17-16-18-44(33-41)64(45-25-29-49-47-19-12-14-21-53(47)62(10,11)55(49)36-45)46-26-30-52-48-20-13-15-22-54(48)63(58(52)37-46)56-34-42(60(4,5)6)23-27-50(56)51-28-24-43(35-57(51)63)61(7,8)9/h12-37H,1-11H3. The Bertz CT molecular complexity index is 3160. The van der Waals surface area contributed by atoms with Gasteiger partial charge in [0.15, 0.2) is 0 Å². The molecule has 3 aliphatic rings. The number of anilines is 3. The molecule has 8 aromatic rings. The summed E-state index contributed by atoms with van der Waals surface area (Å²) in [5.41, 5.74) is 28.2. The molecule has 0 unspecified atom stereocenters. The van der Waals surface area contributed by atoms with Crippen LogP contribution in [-0.4, -0.2) is 0 Å². The minimum absolute atomic E-state index is 0.0126. The minimum Gasteiger partial charge on any atom is -0.310 e. The fourth-order valence-corrected chi connectivity index (χ4v) is 12.0. The molecule has 0 N–H and O–H groups in total. The van der Waals surface area contributed by atoms with E-state index in [1.54, 1.807) is 0 Å². The molecule has 1 spiro atoms. The van der Waals surface area contributed by atoms with Gasteiger partial charge in [-0.3, -0.25) is 0 Å². The van der Waals surface area contributed by atoms with Gasteiger partial charge in [0, 0.05) is 22.5 Å².